The number of nitrogen functional groups attached to an aromatic ring is 1. The van der Waals surface area contributed by atoms with Gasteiger partial charge in [0.25, 0.3) is 0 Å². The van der Waals surface area contributed by atoms with Crippen LogP contribution in [0.1, 0.15) is 62.8 Å². The van der Waals surface area contributed by atoms with E-state index >= 15 is 0 Å². The Morgan fingerprint density at radius 1 is 0.860 bits per heavy atom. The number of hydrogen-bond donors (Lipinski definition) is 3. The van der Waals surface area contributed by atoms with Gasteiger partial charge in [-0.3, -0.25) is 4.79 Å². The van der Waals surface area contributed by atoms with Crippen LogP contribution in [0.4, 0.5) is 17.5 Å². The maximum Gasteiger partial charge on any atom is 0.306 e. The summed E-state index contributed by atoms with van der Waals surface area (Å²) in [6.07, 6.45) is 12.0. The number of hydrogen-bond acceptors (Lipinski definition) is 10. The van der Waals surface area contributed by atoms with Crippen molar-refractivity contribution >= 4 is 23.4 Å². The molecule has 2 aromatic heterocycles. The molecule has 5 heterocycles. The van der Waals surface area contributed by atoms with E-state index in [0.717, 1.165) is 89.2 Å². The smallest absolute Gasteiger partial charge is 0.306 e. The molecule has 4 aliphatic rings. The van der Waals surface area contributed by atoms with Crippen LogP contribution in [0.15, 0.2) is 42.7 Å². The molecule has 2 unspecified atom stereocenters. The number of aliphatic carboxylic acids is 1. The van der Waals surface area contributed by atoms with Gasteiger partial charge in [0.2, 0.25) is 5.95 Å². The van der Waals surface area contributed by atoms with E-state index in [2.05, 4.69) is 24.9 Å². The molecule has 11 heteroatoms. The number of carboxylic acid groups (broad SMARTS) is 1. The average Bonchev–Trinajstić information content (AvgIpc) is 3.30. The zero-order valence-corrected chi connectivity index (χ0v) is 24.4. The van der Waals surface area contributed by atoms with Crippen molar-refractivity contribution in [2.75, 3.05) is 41.7 Å². The lowest BCUT2D eigenvalue weighted by molar-refractivity contribution is -0.143. The fourth-order valence-corrected chi connectivity index (χ4v) is 7.85. The molecule has 2 bridgehead atoms. The van der Waals surface area contributed by atoms with Crippen molar-refractivity contribution < 1.29 is 15.0 Å². The number of nitrogens with two attached hydrogens (primary N) is 1. The minimum absolute atomic E-state index is 0.156. The zero-order valence-electron chi connectivity index (χ0n) is 24.4. The van der Waals surface area contributed by atoms with Crippen LogP contribution in [0.5, 0.6) is 5.75 Å². The summed E-state index contributed by atoms with van der Waals surface area (Å²) in [6.45, 7) is 3.70. The largest absolute Gasteiger partial charge is 0.507 e. The number of piperidine rings is 1. The molecule has 1 aliphatic carbocycles. The van der Waals surface area contributed by atoms with E-state index in [0.29, 0.717) is 29.0 Å². The van der Waals surface area contributed by atoms with Crippen molar-refractivity contribution in [3.8, 4) is 17.0 Å². The molecule has 0 amide bonds. The Balaban J connectivity index is 0.981. The molecule has 3 aromatic rings. The fourth-order valence-electron chi connectivity index (χ4n) is 7.85. The van der Waals surface area contributed by atoms with Gasteiger partial charge < -0.3 is 30.6 Å². The Morgan fingerprint density at radius 3 is 2.16 bits per heavy atom. The number of rotatable bonds is 6. The second-order valence-corrected chi connectivity index (χ2v) is 12.7. The summed E-state index contributed by atoms with van der Waals surface area (Å²) in [7, 11) is 0. The number of aromatic hydroxyl groups is 1. The van der Waals surface area contributed by atoms with Crippen molar-refractivity contribution in [2.45, 2.75) is 75.4 Å². The first kappa shape index (κ1) is 27.8. The van der Waals surface area contributed by atoms with Gasteiger partial charge in [0.15, 0.2) is 5.82 Å². The lowest BCUT2D eigenvalue weighted by Gasteiger charge is -2.42. The van der Waals surface area contributed by atoms with Gasteiger partial charge in [0, 0.05) is 49.2 Å². The number of carbonyl (C=O) groups is 1. The number of fused-ring (bicyclic) bond motifs is 2. The van der Waals surface area contributed by atoms with Crippen LogP contribution in [-0.2, 0) is 4.79 Å². The number of likely N-dealkylation sites (tertiary alicyclic amines) is 1. The second kappa shape index (κ2) is 11.6. The number of benzene rings is 1. The number of phenols is 1. The third-order valence-corrected chi connectivity index (χ3v) is 10.3. The summed E-state index contributed by atoms with van der Waals surface area (Å²) in [6, 6.07) is 10.2. The van der Waals surface area contributed by atoms with E-state index in [4.69, 9.17) is 15.7 Å². The topological polar surface area (TPSA) is 145 Å². The minimum atomic E-state index is -0.634. The molecular formula is C32H40N8O3. The van der Waals surface area contributed by atoms with E-state index in [1.807, 2.05) is 30.6 Å². The monoisotopic (exact) mass is 584 g/mol. The SMILES string of the molecule is Nc1nnc(-c2ccccc2O)cc1N1CC2CCC(C1)N2c1ncc(C2CCN([C@H]3CC[C@H](C(=O)O)CC3)CC2)cn1. The van der Waals surface area contributed by atoms with Gasteiger partial charge in [0.1, 0.15) is 5.75 Å². The first-order valence-electron chi connectivity index (χ1n) is 15.7. The van der Waals surface area contributed by atoms with E-state index in [-0.39, 0.29) is 23.8 Å². The number of nitrogens with zero attached hydrogens (tertiary/aromatic N) is 7. The van der Waals surface area contributed by atoms with Crippen LogP contribution in [0.25, 0.3) is 11.3 Å². The summed E-state index contributed by atoms with van der Waals surface area (Å²) in [5, 5.41) is 28.1. The molecule has 3 saturated heterocycles. The molecule has 1 aromatic carbocycles. The molecular weight excluding hydrogens is 544 g/mol. The standard InChI is InChI=1S/C32H40N8O3/c33-30-28(15-27(36-37-30)26-3-1-2-4-29(26)41)39-18-24-9-10-25(19-39)40(24)32-34-16-22(17-35-32)20-11-13-38(14-12-20)23-7-5-21(6-8-23)31(42)43/h1-4,15-17,20-21,23-25,41H,5-14,18-19H2,(H2,33,37)(H,42,43)/t21-,23-,24?,25?. The summed E-state index contributed by atoms with van der Waals surface area (Å²) in [5.74, 6) is 1.05. The van der Waals surface area contributed by atoms with E-state index in [9.17, 15) is 15.0 Å². The Bertz CT molecular complexity index is 1440. The third-order valence-electron chi connectivity index (χ3n) is 10.3. The van der Waals surface area contributed by atoms with Crippen LogP contribution in [0.3, 0.4) is 0 Å². The predicted molar refractivity (Wildman–Crippen MR) is 164 cm³/mol. The summed E-state index contributed by atoms with van der Waals surface area (Å²) in [4.78, 5) is 28.3. The molecule has 4 N–H and O–H groups in total. The van der Waals surface area contributed by atoms with Crippen molar-refractivity contribution in [1.29, 1.82) is 0 Å². The normalized spacial score (nSPS) is 26.5. The molecule has 3 aliphatic heterocycles. The molecule has 2 atom stereocenters. The number of phenolic OH excluding ortho intramolecular Hbond substituents is 1. The Labute approximate surface area is 251 Å². The van der Waals surface area contributed by atoms with Crippen LogP contribution in [0, 0.1) is 5.92 Å². The Morgan fingerprint density at radius 2 is 1.51 bits per heavy atom. The second-order valence-electron chi connectivity index (χ2n) is 12.7. The highest BCUT2D eigenvalue weighted by Gasteiger charge is 2.42. The van der Waals surface area contributed by atoms with Gasteiger partial charge in [-0.05, 0) is 94.1 Å². The third kappa shape index (κ3) is 5.46. The molecule has 7 rings (SSSR count). The quantitative estimate of drug-likeness (QED) is 0.388. The lowest BCUT2D eigenvalue weighted by atomic mass is 9.83. The Hall–Kier alpha value is -3.99. The number of para-hydroxylation sites is 1. The molecule has 4 fully saturated rings. The first-order valence-corrected chi connectivity index (χ1v) is 15.7. The highest BCUT2D eigenvalue weighted by molar-refractivity contribution is 5.74. The molecule has 43 heavy (non-hydrogen) atoms. The van der Waals surface area contributed by atoms with Gasteiger partial charge in [-0.15, -0.1) is 10.2 Å². The summed E-state index contributed by atoms with van der Waals surface area (Å²) >= 11 is 0. The van der Waals surface area contributed by atoms with Crippen LogP contribution >= 0.6 is 0 Å². The van der Waals surface area contributed by atoms with Crippen LogP contribution in [0.2, 0.25) is 0 Å². The summed E-state index contributed by atoms with van der Waals surface area (Å²) in [5.41, 5.74) is 9.62. The van der Waals surface area contributed by atoms with Gasteiger partial charge in [-0.1, -0.05) is 12.1 Å². The van der Waals surface area contributed by atoms with Crippen molar-refractivity contribution in [1.82, 2.24) is 25.1 Å². The molecule has 1 saturated carbocycles. The van der Waals surface area contributed by atoms with Gasteiger partial charge in [-0.2, -0.15) is 0 Å². The van der Waals surface area contributed by atoms with E-state index in [1.165, 1.54) is 5.56 Å². The lowest BCUT2D eigenvalue weighted by Crippen LogP contribution is -2.54. The van der Waals surface area contributed by atoms with E-state index in [1.54, 1.807) is 12.1 Å². The van der Waals surface area contributed by atoms with Crippen molar-refractivity contribution in [3.05, 3.63) is 48.3 Å². The van der Waals surface area contributed by atoms with Crippen LogP contribution < -0.4 is 15.5 Å². The average molecular weight is 585 g/mol. The van der Waals surface area contributed by atoms with Crippen molar-refractivity contribution in [3.63, 3.8) is 0 Å². The fraction of sp³-hybridized carbons (Fsp3) is 0.531. The number of anilines is 3. The number of aromatic nitrogens is 4. The molecule has 226 valence electrons. The van der Waals surface area contributed by atoms with Gasteiger partial charge >= 0.3 is 5.97 Å². The molecule has 0 spiro atoms. The number of piperazine rings is 1. The minimum Gasteiger partial charge on any atom is -0.507 e. The summed E-state index contributed by atoms with van der Waals surface area (Å²) < 4.78 is 0. The predicted octanol–water partition coefficient (Wildman–Crippen LogP) is 3.90. The van der Waals surface area contributed by atoms with Gasteiger partial charge in [0.05, 0.1) is 17.3 Å². The van der Waals surface area contributed by atoms with Crippen molar-refractivity contribution in [2.24, 2.45) is 5.92 Å². The highest BCUT2D eigenvalue weighted by atomic mass is 16.4. The molecule has 11 nitrogen and oxygen atoms in total. The highest BCUT2D eigenvalue weighted by Crippen LogP contribution is 2.39. The maximum absolute atomic E-state index is 11.3. The van der Waals surface area contributed by atoms with Crippen LogP contribution in [-0.4, -0.2) is 85.6 Å². The first-order chi connectivity index (χ1) is 20.9. The Kier molecular flexibility index (Phi) is 7.50. The maximum atomic E-state index is 11.3. The number of carboxylic acids is 1. The van der Waals surface area contributed by atoms with E-state index < -0.39 is 5.97 Å². The van der Waals surface area contributed by atoms with Gasteiger partial charge in [-0.25, -0.2) is 9.97 Å². The molecule has 0 radical (unpaired) electrons. The zero-order chi connectivity index (χ0) is 29.5.